The van der Waals surface area contributed by atoms with Crippen molar-refractivity contribution in [1.29, 1.82) is 0 Å². The van der Waals surface area contributed by atoms with Gasteiger partial charge in [-0.1, -0.05) is 6.92 Å². The number of aromatic nitrogens is 2. The van der Waals surface area contributed by atoms with Gasteiger partial charge in [-0.3, -0.25) is 0 Å². The molecule has 0 spiro atoms. The van der Waals surface area contributed by atoms with E-state index in [1.807, 2.05) is 11.3 Å². The molecule has 0 aliphatic carbocycles. The minimum Gasteiger partial charge on any atom is -0.312 e. The number of hydrogen-bond donors (Lipinski definition) is 1. The molecular formula is C11H13N3S. The van der Waals surface area contributed by atoms with Gasteiger partial charge in [-0.05, 0) is 18.4 Å². The summed E-state index contributed by atoms with van der Waals surface area (Å²) < 4.78 is 0. The van der Waals surface area contributed by atoms with Crippen LogP contribution in [0.4, 0.5) is 0 Å². The molecule has 2 aromatic rings. The normalized spacial score (nSPS) is 15.5. The van der Waals surface area contributed by atoms with Crippen LogP contribution in [0.2, 0.25) is 0 Å². The zero-order valence-corrected chi connectivity index (χ0v) is 9.52. The third kappa shape index (κ3) is 1.36. The average Bonchev–Trinajstić information content (AvgIpc) is 2.67. The Hall–Kier alpha value is -1.00. The van der Waals surface area contributed by atoms with E-state index in [0.29, 0.717) is 0 Å². The first kappa shape index (κ1) is 9.24. The maximum Gasteiger partial charge on any atom is 0.127 e. The fourth-order valence-electron chi connectivity index (χ4n) is 2.17. The maximum absolute atomic E-state index is 4.37. The lowest BCUT2D eigenvalue weighted by Crippen LogP contribution is -2.22. The molecule has 0 unspecified atom stereocenters. The second-order valence-electron chi connectivity index (χ2n) is 3.78. The van der Waals surface area contributed by atoms with Gasteiger partial charge in [0.25, 0.3) is 0 Å². The van der Waals surface area contributed by atoms with Crippen LogP contribution < -0.4 is 5.32 Å². The van der Waals surface area contributed by atoms with Crippen LogP contribution in [0.1, 0.15) is 23.1 Å². The number of rotatable bonds is 1. The van der Waals surface area contributed by atoms with E-state index in [-0.39, 0.29) is 0 Å². The Morgan fingerprint density at radius 2 is 2.40 bits per heavy atom. The lowest BCUT2D eigenvalue weighted by Gasteiger charge is -2.12. The molecule has 78 valence electrons. The van der Waals surface area contributed by atoms with Crippen LogP contribution in [0.3, 0.4) is 0 Å². The van der Waals surface area contributed by atoms with Gasteiger partial charge in [-0.25, -0.2) is 9.97 Å². The van der Waals surface area contributed by atoms with Crippen molar-refractivity contribution in [3.8, 4) is 0 Å². The van der Waals surface area contributed by atoms with Crippen molar-refractivity contribution in [1.82, 2.24) is 15.3 Å². The van der Waals surface area contributed by atoms with E-state index in [0.717, 1.165) is 30.8 Å². The fraction of sp³-hybridized carbons (Fsp3) is 0.455. The van der Waals surface area contributed by atoms with Gasteiger partial charge in [-0.2, -0.15) is 0 Å². The molecule has 0 saturated carbocycles. The number of nitrogens with one attached hydrogen (secondary N) is 1. The Kier molecular flexibility index (Phi) is 2.18. The third-order valence-electron chi connectivity index (χ3n) is 2.91. The minimum atomic E-state index is 0.982. The van der Waals surface area contributed by atoms with E-state index in [1.54, 1.807) is 6.33 Å². The number of aryl methyl sites for hydroxylation is 1. The van der Waals surface area contributed by atoms with Gasteiger partial charge in [0, 0.05) is 23.4 Å². The quantitative estimate of drug-likeness (QED) is 0.796. The molecule has 3 nitrogen and oxygen atoms in total. The maximum atomic E-state index is 4.37. The van der Waals surface area contributed by atoms with Crippen molar-refractivity contribution >= 4 is 21.6 Å². The monoisotopic (exact) mass is 219 g/mol. The van der Waals surface area contributed by atoms with Gasteiger partial charge in [0.1, 0.15) is 11.2 Å². The van der Waals surface area contributed by atoms with Crippen molar-refractivity contribution in [2.45, 2.75) is 26.3 Å². The molecule has 0 radical (unpaired) electrons. The molecule has 0 fully saturated rings. The molecule has 0 atom stereocenters. The second-order valence-corrected chi connectivity index (χ2v) is 4.87. The van der Waals surface area contributed by atoms with E-state index in [4.69, 9.17) is 0 Å². The van der Waals surface area contributed by atoms with E-state index < -0.39 is 0 Å². The minimum absolute atomic E-state index is 0.982. The molecule has 1 aliphatic heterocycles. The molecule has 3 heterocycles. The van der Waals surface area contributed by atoms with E-state index >= 15 is 0 Å². The molecule has 4 heteroatoms. The largest absolute Gasteiger partial charge is 0.312 e. The van der Waals surface area contributed by atoms with Crippen LogP contribution in [0.5, 0.6) is 0 Å². The standard InChI is InChI=1S/C11H13N3S/c1-2-8-10-7-5-12-4-3-9(7)15-11(10)14-6-13-8/h6,12H,2-5H2,1H3. The van der Waals surface area contributed by atoms with Gasteiger partial charge >= 0.3 is 0 Å². The Labute approximate surface area is 92.6 Å². The molecule has 1 N–H and O–H groups in total. The van der Waals surface area contributed by atoms with Gasteiger partial charge in [-0.15, -0.1) is 11.3 Å². The molecule has 15 heavy (non-hydrogen) atoms. The van der Waals surface area contributed by atoms with Crippen LogP contribution >= 0.6 is 11.3 Å². The lowest BCUT2D eigenvalue weighted by molar-refractivity contribution is 0.655. The van der Waals surface area contributed by atoms with Crippen molar-refractivity contribution in [2.75, 3.05) is 6.54 Å². The summed E-state index contributed by atoms with van der Waals surface area (Å²) in [7, 11) is 0. The van der Waals surface area contributed by atoms with Gasteiger partial charge in [0.2, 0.25) is 0 Å². The summed E-state index contributed by atoms with van der Waals surface area (Å²) in [6, 6.07) is 0. The Balaban J connectivity index is 2.33. The van der Waals surface area contributed by atoms with Crippen molar-refractivity contribution < 1.29 is 0 Å². The van der Waals surface area contributed by atoms with Crippen LogP contribution in [-0.4, -0.2) is 16.5 Å². The highest BCUT2D eigenvalue weighted by atomic mass is 32.1. The van der Waals surface area contributed by atoms with Crippen molar-refractivity contribution in [3.05, 3.63) is 22.5 Å². The molecule has 0 bridgehead atoms. The highest BCUT2D eigenvalue weighted by Gasteiger charge is 2.18. The highest BCUT2D eigenvalue weighted by Crippen LogP contribution is 2.33. The highest BCUT2D eigenvalue weighted by molar-refractivity contribution is 7.18. The summed E-state index contributed by atoms with van der Waals surface area (Å²) in [4.78, 5) is 11.4. The Morgan fingerprint density at radius 1 is 1.47 bits per heavy atom. The van der Waals surface area contributed by atoms with Crippen LogP contribution in [0, 0.1) is 0 Å². The first-order valence-electron chi connectivity index (χ1n) is 5.35. The number of fused-ring (bicyclic) bond motifs is 3. The van der Waals surface area contributed by atoms with Crippen LogP contribution in [-0.2, 0) is 19.4 Å². The van der Waals surface area contributed by atoms with E-state index in [9.17, 15) is 0 Å². The predicted molar refractivity (Wildman–Crippen MR) is 62.2 cm³/mol. The fourth-order valence-corrected chi connectivity index (χ4v) is 3.35. The summed E-state index contributed by atoms with van der Waals surface area (Å²) in [5.74, 6) is 0. The SMILES string of the molecule is CCc1ncnc2sc3c(c12)CNCC3. The zero-order chi connectivity index (χ0) is 10.3. The molecular weight excluding hydrogens is 206 g/mol. The summed E-state index contributed by atoms with van der Waals surface area (Å²) in [5.41, 5.74) is 2.64. The summed E-state index contributed by atoms with van der Waals surface area (Å²) >= 11 is 1.84. The first-order chi connectivity index (χ1) is 7.40. The lowest BCUT2D eigenvalue weighted by atomic mass is 10.1. The Bertz CT molecular complexity index is 504. The van der Waals surface area contributed by atoms with E-state index in [2.05, 4.69) is 22.2 Å². The molecule has 0 aromatic carbocycles. The number of hydrogen-bond acceptors (Lipinski definition) is 4. The van der Waals surface area contributed by atoms with Gasteiger partial charge in [0.05, 0.1) is 5.69 Å². The van der Waals surface area contributed by atoms with Crippen molar-refractivity contribution in [2.24, 2.45) is 0 Å². The Morgan fingerprint density at radius 3 is 3.27 bits per heavy atom. The predicted octanol–water partition coefficient (Wildman–Crippen LogP) is 1.90. The van der Waals surface area contributed by atoms with Crippen LogP contribution in [0.25, 0.3) is 10.2 Å². The van der Waals surface area contributed by atoms with E-state index in [1.165, 1.54) is 21.5 Å². The summed E-state index contributed by atoms with van der Waals surface area (Å²) in [6.07, 6.45) is 3.82. The van der Waals surface area contributed by atoms with Gasteiger partial charge in [0.15, 0.2) is 0 Å². The average molecular weight is 219 g/mol. The first-order valence-corrected chi connectivity index (χ1v) is 6.16. The van der Waals surface area contributed by atoms with Gasteiger partial charge < -0.3 is 5.32 Å². The molecule has 0 saturated heterocycles. The molecule has 3 rings (SSSR count). The van der Waals surface area contributed by atoms with Crippen LogP contribution in [0.15, 0.2) is 6.33 Å². The molecule has 0 amide bonds. The zero-order valence-electron chi connectivity index (χ0n) is 8.71. The summed E-state index contributed by atoms with van der Waals surface area (Å²) in [5, 5.41) is 4.73. The molecule has 2 aromatic heterocycles. The third-order valence-corrected chi connectivity index (χ3v) is 4.11. The number of nitrogens with zero attached hydrogens (tertiary/aromatic N) is 2. The summed E-state index contributed by atoms with van der Waals surface area (Å²) in [6.45, 7) is 4.23. The molecule has 1 aliphatic rings. The number of thiophene rings is 1. The van der Waals surface area contributed by atoms with Crippen molar-refractivity contribution in [3.63, 3.8) is 0 Å². The smallest absolute Gasteiger partial charge is 0.127 e. The topological polar surface area (TPSA) is 37.8 Å². The second kappa shape index (κ2) is 3.54.